The van der Waals surface area contributed by atoms with Gasteiger partial charge in [-0.25, -0.2) is 17.6 Å². The molecular formula is C31H21F9O2. The van der Waals surface area contributed by atoms with Crippen molar-refractivity contribution in [2.45, 2.75) is 26.1 Å². The number of hydrogen-bond donors (Lipinski definition) is 0. The predicted molar refractivity (Wildman–Crippen MR) is 138 cm³/mol. The molecule has 0 radical (unpaired) electrons. The molecule has 0 fully saturated rings. The summed E-state index contributed by atoms with van der Waals surface area (Å²) in [4.78, 5) is 0. The molecule has 0 aromatic heterocycles. The van der Waals surface area contributed by atoms with Crippen LogP contribution in [0.1, 0.15) is 23.6 Å². The first kappa shape index (κ1) is 30.5. The number of hydrogen-bond acceptors (Lipinski definition) is 2. The van der Waals surface area contributed by atoms with Gasteiger partial charge < -0.3 is 9.47 Å². The minimum absolute atomic E-state index is 0.00464. The lowest BCUT2D eigenvalue weighted by molar-refractivity contribution is -0.276. The average Bonchev–Trinajstić information content (AvgIpc) is 2.93. The third-order valence-corrected chi connectivity index (χ3v) is 6.19. The summed E-state index contributed by atoms with van der Waals surface area (Å²) < 4.78 is 131. The lowest BCUT2D eigenvalue weighted by Crippen LogP contribution is -2.19. The fourth-order valence-corrected chi connectivity index (χ4v) is 4.21. The topological polar surface area (TPSA) is 18.5 Å². The Morgan fingerprint density at radius 2 is 1.12 bits per heavy atom. The molecule has 0 unspecified atom stereocenters. The summed E-state index contributed by atoms with van der Waals surface area (Å²) >= 11 is 0. The molecule has 0 N–H and O–H groups in total. The van der Waals surface area contributed by atoms with E-state index in [2.05, 4.69) is 9.47 Å². The van der Waals surface area contributed by atoms with Crippen LogP contribution in [-0.4, -0.2) is 13.0 Å². The number of alkyl halides is 3. The zero-order chi connectivity index (χ0) is 30.6. The number of benzene rings is 4. The van der Waals surface area contributed by atoms with Gasteiger partial charge in [0, 0.05) is 5.56 Å². The maximum Gasteiger partial charge on any atom is 0.573 e. The van der Waals surface area contributed by atoms with Crippen molar-refractivity contribution < 1.29 is 49.0 Å². The second-order valence-corrected chi connectivity index (χ2v) is 9.05. The van der Waals surface area contributed by atoms with Crippen LogP contribution in [0.4, 0.5) is 39.5 Å². The standard InChI is InChI=1S/C31H21F9O2/c1-2-41-30(37)28(36)20-11-7-18(8-12-20)4-3-17-5-9-19(10-6-17)21-13-23(32)27(24(33)14-21)22-15-25(34)29(26(35)16-22)42-31(38,39)40/h5-16H,2-4H2,1H3/b30-28-. The number of rotatable bonds is 9. The summed E-state index contributed by atoms with van der Waals surface area (Å²) in [5, 5.41) is 0. The summed E-state index contributed by atoms with van der Waals surface area (Å²) in [6.45, 7) is 1.53. The highest BCUT2D eigenvalue weighted by Crippen LogP contribution is 2.36. The average molecular weight is 596 g/mol. The molecule has 0 amide bonds. The Balaban J connectivity index is 1.47. The van der Waals surface area contributed by atoms with E-state index in [0.717, 1.165) is 23.3 Å². The van der Waals surface area contributed by atoms with Gasteiger partial charge in [-0.15, -0.1) is 13.2 Å². The van der Waals surface area contributed by atoms with Gasteiger partial charge in [-0.3, -0.25) is 0 Å². The Bertz CT molecular complexity index is 1550. The quantitative estimate of drug-likeness (QED) is 0.141. The van der Waals surface area contributed by atoms with Crippen molar-refractivity contribution in [1.29, 1.82) is 0 Å². The second kappa shape index (κ2) is 12.6. The molecule has 0 saturated heterocycles. The predicted octanol–water partition coefficient (Wildman–Crippen LogP) is 9.86. The maximum absolute atomic E-state index is 14.9. The molecule has 220 valence electrons. The van der Waals surface area contributed by atoms with Gasteiger partial charge in [0.15, 0.2) is 11.6 Å². The van der Waals surface area contributed by atoms with Crippen LogP contribution in [0.5, 0.6) is 5.75 Å². The molecule has 0 heterocycles. The molecule has 0 atom stereocenters. The van der Waals surface area contributed by atoms with E-state index in [4.69, 9.17) is 0 Å². The van der Waals surface area contributed by atoms with E-state index < -0.39 is 58.3 Å². The van der Waals surface area contributed by atoms with Gasteiger partial charge in [0.2, 0.25) is 11.6 Å². The van der Waals surface area contributed by atoms with Crippen molar-refractivity contribution in [3.05, 3.63) is 119 Å². The van der Waals surface area contributed by atoms with Crippen LogP contribution in [0.3, 0.4) is 0 Å². The summed E-state index contributed by atoms with van der Waals surface area (Å²) in [6.07, 6.45) is -4.23. The Morgan fingerprint density at radius 3 is 1.60 bits per heavy atom. The van der Waals surface area contributed by atoms with E-state index in [1.165, 1.54) is 19.1 Å². The Hall–Kier alpha value is -4.41. The van der Waals surface area contributed by atoms with Gasteiger partial charge in [-0.1, -0.05) is 48.5 Å². The summed E-state index contributed by atoms with van der Waals surface area (Å²) in [6, 6.07) is 14.2. The summed E-state index contributed by atoms with van der Waals surface area (Å²) in [5.41, 5.74) is 0.846. The fraction of sp³-hybridized carbons (Fsp3) is 0.161. The molecule has 11 heteroatoms. The zero-order valence-electron chi connectivity index (χ0n) is 21.8. The van der Waals surface area contributed by atoms with E-state index in [1.807, 2.05) is 0 Å². The molecule has 4 rings (SSSR count). The largest absolute Gasteiger partial charge is 0.573 e. The molecule has 0 saturated carbocycles. The molecule has 4 aromatic carbocycles. The Morgan fingerprint density at radius 1 is 0.643 bits per heavy atom. The first-order valence-corrected chi connectivity index (χ1v) is 12.5. The highest BCUT2D eigenvalue weighted by molar-refractivity contribution is 5.72. The van der Waals surface area contributed by atoms with Crippen LogP contribution in [0.25, 0.3) is 28.1 Å². The molecular weight excluding hydrogens is 575 g/mol. The first-order chi connectivity index (χ1) is 19.9. The van der Waals surface area contributed by atoms with Gasteiger partial charge in [-0.05, 0) is 71.8 Å². The van der Waals surface area contributed by atoms with Gasteiger partial charge in [-0.2, -0.15) is 8.78 Å². The third-order valence-electron chi connectivity index (χ3n) is 6.19. The number of halogens is 9. The van der Waals surface area contributed by atoms with Crippen molar-refractivity contribution in [2.24, 2.45) is 0 Å². The van der Waals surface area contributed by atoms with Gasteiger partial charge >= 0.3 is 12.4 Å². The zero-order valence-corrected chi connectivity index (χ0v) is 21.8. The molecule has 0 bridgehead atoms. The second-order valence-electron chi connectivity index (χ2n) is 9.05. The van der Waals surface area contributed by atoms with Gasteiger partial charge in [0.25, 0.3) is 0 Å². The normalized spacial score (nSPS) is 12.2. The van der Waals surface area contributed by atoms with E-state index >= 15 is 0 Å². The van der Waals surface area contributed by atoms with Crippen LogP contribution in [0, 0.1) is 23.3 Å². The smallest absolute Gasteiger partial charge is 0.469 e. The number of aryl methyl sites for hydroxylation is 2. The maximum atomic E-state index is 14.9. The van der Waals surface area contributed by atoms with Gasteiger partial charge in [0.05, 0.1) is 12.2 Å². The highest BCUT2D eigenvalue weighted by Gasteiger charge is 2.34. The van der Waals surface area contributed by atoms with E-state index in [0.29, 0.717) is 30.5 Å². The van der Waals surface area contributed by atoms with Crippen molar-refractivity contribution in [3.8, 4) is 28.0 Å². The van der Waals surface area contributed by atoms with Crippen molar-refractivity contribution in [3.63, 3.8) is 0 Å². The van der Waals surface area contributed by atoms with Crippen LogP contribution in [0.15, 0.2) is 78.8 Å². The van der Waals surface area contributed by atoms with E-state index in [-0.39, 0.29) is 17.7 Å². The monoisotopic (exact) mass is 596 g/mol. The summed E-state index contributed by atoms with van der Waals surface area (Å²) in [5.74, 6) is -8.76. The molecule has 0 aliphatic heterocycles. The van der Waals surface area contributed by atoms with E-state index in [9.17, 15) is 39.5 Å². The van der Waals surface area contributed by atoms with Crippen LogP contribution in [-0.2, 0) is 17.6 Å². The van der Waals surface area contributed by atoms with Crippen molar-refractivity contribution in [2.75, 3.05) is 6.61 Å². The molecule has 42 heavy (non-hydrogen) atoms. The summed E-state index contributed by atoms with van der Waals surface area (Å²) in [7, 11) is 0. The fourth-order valence-electron chi connectivity index (χ4n) is 4.21. The lowest BCUT2D eigenvalue weighted by atomic mass is 9.97. The minimum Gasteiger partial charge on any atom is -0.469 e. The van der Waals surface area contributed by atoms with Gasteiger partial charge in [0.1, 0.15) is 11.6 Å². The van der Waals surface area contributed by atoms with Crippen LogP contribution < -0.4 is 4.74 Å². The van der Waals surface area contributed by atoms with Crippen LogP contribution >= 0.6 is 0 Å². The molecule has 0 aliphatic carbocycles. The molecule has 4 aromatic rings. The first-order valence-electron chi connectivity index (χ1n) is 12.5. The van der Waals surface area contributed by atoms with Crippen molar-refractivity contribution in [1.82, 2.24) is 0 Å². The minimum atomic E-state index is -5.37. The SMILES string of the molecule is CCO/C(F)=C(\F)c1ccc(CCc2ccc(-c3cc(F)c(-c4cc(F)c(OC(F)(F)F)c(F)c4)c(F)c3)cc2)cc1. The molecule has 0 spiro atoms. The Kier molecular flexibility index (Phi) is 9.18. The van der Waals surface area contributed by atoms with Crippen molar-refractivity contribution >= 4 is 5.83 Å². The van der Waals surface area contributed by atoms with Crippen LogP contribution in [0.2, 0.25) is 0 Å². The highest BCUT2D eigenvalue weighted by atomic mass is 19.4. The number of ether oxygens (including phenoxy) is 2. The third kappa shape index (κ3) is 7.26. The Labute approximate surface area is 234 Å². The van der Waals surface area contributed by atoms with E-state index in [1.54, 1.807) is 36.4 Å². The lowest BCUT2D eigenvalue weighted by Gasteiger charge is -2.13. The molecule has 2 nitrogen and oxygen atoms in total. The molecule has 0 aliphatic rings.